The van der Waals surface area contributed by atoms with Gasteiger partial charge in [-0.2, -0.15) is 0 Å². The number of rotatable bonds is 6. The van der Waals surface area contributed by atoms with E-state index in [4.69, 9.17) is 4.74 Å². The van der Waals surface area contributed by atoms with Crippen LogP contribution in [-0.2, 0) is 14.3 Å². The maximum atomic E-state index is 11.1. The van der Waals surface area contributed by atoms with Crippen molar-refractivity contribution in [2.45, 2.75) is 6.92 Å². The standard InChI is InChI=1S/C12H15NO4/c1-9(14)13-10-3-5-12(6-4-10)17-8-11(15)7-16-2/h3-6H,7-8H2,1-2H3,(H,13,14). The van der Waals surface area contributed by atoms with E-state index >= 15 is 0 Å². The van der Waals surface area contributed by atoms with Gasteiger partial charge in [-0.1, -0.05) is 0 Å². The number of methoxy groups -OCH3 is 1. The van der Waals surface area contributed by atoms with Crippen molar-refractivity contribution < 1.29 is 19.1 Å². The van der Waals surface area contributed by atoms with Gasteiger partial charge in [0, 0.05) is 19.7 Å². The molecule has 0 atom stereocenters. The third kappa shape index (κ3) is 5.12. The van der Waals surface area contributed by atoms with Crippen LogP contribution >= 0.6 is 0 Å². The van der Waals surface area contributed by atoms with Crippen molar-refractivity contribution in [2.24, 2.45) is 0 Å². The van der Waals surface area contributed by atoms with E-state index in [1.54, 1.807) is 24.3 Å². The molecule has 0 aliphatic carbocycles. The Morgan fingerprint density at radius 1 is 1.18 bits per heavy atom. The first-order valence-electron chi connectivity index (χ1n) is 5.13. The molecule has 1 aromatic rings. The minimum Gasteiger partial charge on any atom is -0.486 e. The third-order valence-electron chi connectivity index (χ3n) is 1.88. The lowest BCUT2D eigenvalue weighted by Gasteiger charge is -2.06. The van der Waals surface area contributed by atoms with Crippen molar-refractivity contribution in [3.63, 3.8) is 0 Å². The van der Waals surface area contributed by atoms with Crippen molar-refractivity contribution in [1.29, 1.82) is 0 Å². The average molecular weight is 237 g/mol. The zero-order valence-corrected chi connectivity index (χ0v) is 9.86. The average Bonchev–Trinajstić information content (AvgIpc) is 2.28. The summed E-state index contributed by atoms with van der Waals surface area (Å²) in [5.74, 6) is 0.316. The number of benzene rings is 1. The van der Waals surface area contributed by atoms with Gasteiger partial charge in [-0.05, 0) is 24.3 Å². The molecule has 0 unspecified atom stereocenters. The van der Waals surface area contributed by atoms with Gasteiger partial charge in [0.2, 0.25) is 5.91 Å². The highest BCUT2D eigenvalue weighted by Gasteiger charge is 2.02. The molecule has 0 saturated carbocycles. The molecule has 5 nitrogen and oxygen atoms in total. The van der Waals surface area contributed by atoms with Crippen molar-refractivity contribution in [2.75, 3.05) is 25.6 Å². The van der Waals surface area contributed by atoms with Gasteiger partial charge in [-0.15, -0.1) is 0 Å². The molecule has 92 valence electrons. The number of nitrogens with one attached hydrogen (secondary N) is 1. The summed E-state index contributed by atoms with van der Waals surface area (Å²) < 4.78 is 9.92. The molecule has 1 rings (SSSR count). The summed E-state index contributed by atoms with van der Waals surface area (Å²) in [4.78, 5) is 21.9. The highest BCUT2D eigenvalue weighted by Crippen LogP contribution is 2.15. The van der Waals surface area contributed by atoms with Crippen LogP contribution in [0.25, 0.3) is 0 Å². The highest BCUT2D eigenvalue weighted by atomic mass is 16.5. The van der Waals surface area contributed by atoms with Gasteiger partial charge in [0.05, 0.1) is 0 Å². The van der Waals surface area contributed by atoms with Crippen molar-refractivity contribution in [3.05, 3.63) is 24.3 Å². The van der Waals surface area contributed by atoms with Crippen LogP contribution in [0.1, 0.15) is 6.92 Å². The molecule has 1 amide bonds. The lowest BCUT2D eigenvalue weighted by molar-refractivity contribution is -0.124. The van der Waals surface area contributed by atoms with Gasteiger partial charge in [-0.25, -0.2) is 0 Å². The van der Waals surface area contributed by atoms with E-state index in [0.717, 1.165) is 0 Å². The zero-order valence-electron chi connectivity index (χ0n) is 9.86. The van der Waals surface area contributed by atoms with E-state index in [1.807, 2.05) is 0 Å². The molecule has 0 aliphatic rings. The molecule has 0 aliphatic heterocycles. The molecule has 0 radical (unpaired) electrons. The fourth-order valence-electron chi connectivity index (χ4n) is 1.20. The summed E-state index contributed by atoms with van der Waals surface area (Å²) in [7, 11) is 1.46. The van der Waals surface area contributed by atoms with Crippen LogP contribution in [0.3, 0.4) is 0 Å². The van der Waals surface area contributed by atoms with Gasteiger partial charge in [0.1, 0.15) is 19.0 Å². The number of ether oxygens (including phenoxy) is 2. The fraction of sp³-hybridized carbons (Fsp3) is 0.333. The van der Waals surface area contributed by atoms with Gasteiger partial charge in [0.15, 0.2) is 5.78 Å². The van der Waals surface area contributed by atoms with Crippen LogP contribution < -0.4 is 10.1 Å². The normalized spacial score (nSPS) is 9.76. The van der Waals surface area contributed by atoms with E-state index in [0.29, 0.717) is 11.4 Å². The zero-order chi connectivity index (χ0) is 12.7. The van der Waals surface area contributed by atoms with Crippen LogP contribution in [-0.4, -0.2) is 32.0 Å². The number of hydrogen-bond acceptors (Lipinski definition) is 4. The number of amides is 1. The second-order valence-electron chi connectivity index (χ2n) is 3.47. The van der Waals surface area contributed by atoms with Crippen molar-refractivity contribution in [3.8, 4) is 5.75 Å². The molecule has 17 heavy (non-hydrogen) atoms. The molecular weight excluding hydrogens is 222 g/mol. The molecule has 0 heterocycles. The number of hydrogen-bond donors (Lipinski definition) is 1. The molecular formula is C12H15NO4. The van der Waals surface area contributed by atoms with Gasteiger partial charge in [-0.3, -0.25) is 9.59 Å². The van der Waals surface area contributed by atoms with Crippen LogP contribution in [0.15, 0.2) is 24.3 Å². The predicted octanol–water partition coefficient (Wildman–Crippen LogP) is 1.24. The SMILES string of the molecule is COCC(=O)COc1ccc(NC(C)=O)cc1. The number of carbonyl (C=O) groups is 2. The Balaban J connectivity index is 2.45. The summed E-state index contributed by atoms with van der Waals surface area (Å²) in [5.41, 5.74) is 0.688. The molecule has 1 N–H and O–H groups in total. The molecule has 5 heteroatoms. The first-order valence-corrected chi connectivity index (χ1v) is 5.13. The fourth-order valence-corrected chi connectivity index (χ4v) is 1.20. The lowest BCUT2D eigenvalue weighted by Crippen LogP contribution is -2.16. The summed E-state index contributed by atoms with van der Waals surface area (Å²) in [6.45, 7) is 1.46. The van der Waals surface area contributed by atoms with Gasteiger partial charge in [0.25, 0.3) is 0 Å². The minimum atomic E-state index is -0.131. The van der Waals surface area contributed by atoms with Crippen LogP contribution in [0.2, 0.25) is 0 Å². The van der Waals surface area contributed by atoms with Crippen molar-refractivity contribution in [1.82, 2.24) is 0 Å². The monoisotopic (exact) mass is 237 g/mol. The number of carbonyl (C=O) groups excluding carboxylic acids is 2. The Morgan fingerprint density at radius 2 is 1.82 bits per heavy atom. The Kier molecular flexibility index (Phi) is 5.16. The second kappa shape index (κ2) is 6.65. The van der Waals surface area contributed by atoms with Crippen LogP contribution in [0.5, 0.6) is 5.75 Å². The van der Waals surface area contributed by atoms with Crippen LogP contribution in [0, 0.1) is 0 Å². The molecule has 0 saturated heterocycles. The molecule has 0 spiro atoms. The van der Waals surface area contributed by atoms with E-state index < -0.39 is 0 Å². The summed E-state index contributed by atoms with van der Waals surface area (Å²) >= 11 is 0. The first-order chi connectivity index (χ1) is 8.11. The molecule has 0 bridgehead atoms. The minimum absolute atomic E-state index is 0.0205. The van der Waals surface area contributed by atoms with Gasteiger partial charge < -0.3 is 14.8 Å². The topological polar surface area (TPSA) is 64.6 Å². The number of Topliss-reactive ketones (excluding diaryl/α,β-unsaturated/α-hetero) is 1. The maximum absolute atomic E-state index is 11.1. The van der Waals surface area contributed by atoms with E-state index in [-0.39, 0.29) is 24.9 Å². The summed E-state index contributed by atoms with van der Waals surface area (Å²) in [6, 6.07) is 6.78. The van der Waals surface area contributed by atoms with E-state index in [2.05, 4.69) is 10.1 Å². The Labute approximate surface area is 99.7 Å². The molecule has 0 aromatic heterocycles. The van der Waals surface area contributed by atoms with Gasteiger partial charge >= 0.3 is 0 Å². The Bertz CT molecular complexity index is 386. The van der Waals surface area contributed by atoms with E-state index in [9.17, 15) is 9.59 Å². The lowest BCUT2D eigenvalue weighted by atomic mass is 10.3. The largest absolute Gasteiger partial charge is 0.486 e. The first kappa shape index (κ1) is 13.2. The smallest absolute Gasteiger partial charge is 0.221 e. The Morgan fingerprint density at radius 3 is 2.35 bits per heavy atom. The third-order valence-corrected chi connectivity index (χ3v) is 1.88. The van der Waals surface area contributed by atoms with Crippen LogP contribution in [0.4, 0.5) is 5.69 Å². The summed E-state index contributed by atoms with van der Waals surface area (Å²) in [6.07, 6.45) is 0. The number of ketones is 1. The maximum Gasteiger partial charge on any atom is 0.221 e. The second-order valence-corrected chi connectivity index (χ2v) is 3.47. The summed E-state index contributed by atoms with van der Waals surface area (Å²) in [5, 5.41) is 2.64. The van der Waals surface area contributed by atoms with Crippen molar-refractivity contribution >= 4 is 17.4 Å². The molecule has 0 fully saturated rings. The number of anilines is 1. The predicted molar refractivity (Wildman–Crippen MR) is 63.1 cm³/mol. The van der Waals surface area contributed by atoms with E-state index in [1.165, 1.54) is 14.0 Å². The quantitative estimate of drug-likeness (QED) is 0.808. The highest BCUT2D eigenvalue weighted by molar-refractivity contribution is 5.88. The molecule has 1 aromatic carbocycles. The Hall–Kier alpha value is -1.88.